The Bertz CT molecular complexity index is 336. The number of rotatable bonds is 1. The van der Waals surface area contributed by atoms with Crippen LogP contribution in [0.25, 0.3) is 0 Å². The zero-order valence-corrected chi connectivity index (χ0v) is 8.62. The first-order valence-electron chi connectivity index (χ1n) is 5.26. The molecule has 1 fully saturated rings. The Labute approximate surface area is 83.0 Å². The highest BCUT2D eigenvalue weighted by molar-refractivity contribution is 7.16. The molecule has 13 heavy (non-hydrogen) atoms. The molecule has 1 nitrogen and oxygen atoms in total. The molecule has 0 aromatic carbocycles. The molecule has 2 aliphatic carbocycles. The fourth-order valence-corrected chi connectivity index (χ4v) is 3.70. The van der Waals surface area contributed by atoms with E-state index in [-0.39, 0.29) is 0 Å². The number of thiophene rings is 1. The summed E-state index contributed by atoms with van der Waals surface area (Å²) in [6.45, 7) is 0. The Balaban J connectivity index is 2.09. The third-order valence-corrected chi connectivity index (χ3v) is 4.50. The van der Waals surface area contributed by atoms with Gasteiger partial charge in [-0.1, -0.05) is 0 Å². The minimum absolute atomic E-state index is 0.897. The van der Waals surface area contributed by atoms with E-state index in [1.54, 1.807) is 10.4 Å². The van der Waals surface area contributed by atoms with E-state index in [1.165, 1.54) is 44.1 Å². The van der Waals surface area contributed by atoms with E-state index < -0.39 is 0 Å². The molecule has 1 saturated carbocycles. The van der Waals surface area contributed by atoms with Gasteiger partial charge in [-0.2, -0.15) is 0 Å². The first-order chi connectivity index (χ1) is 6.36. The maximum Gasteiger partial charge on any atom is 0.0894 e. The summed E-state index contributed by atoms with van der Waals surface area (Å²) in [5, 5.41) is 1.12. The molecular formula is C11H15NS. The molecule has 0 spiro atoms. The molecule has 2 heteroatoms. The minimum atomic E-state index is 0.897. The van der Waals surface area contributed by atoms with Crippen LogP contribution in [0.15, 0.2) is 0 Å². The van der Waals surface area contributed by atoms with Gasteiger partial charge in [0.2, 0.25) is 0 Å². The number of nitrogen functional groups attached to an aromatic ring is 1. The quantitative estimate of drug-likeness (QED) is 0.728. The molecule has 2 N–H and O–H groups in total. The average molecular weight is 193 g/mol. The normalized spacial score (nSPS) is 21.5. The summed E-state index contributed by atoms with van der Waals surface area (Å²) in [5.41, 5.74) is 9.21. The number of nitrogens with two attached hydrogens (primary N) is 1. The van der Waals surface area contributed by atoms with Gasteiger partial charge >= 0.3 is 0 Å². The van der Waals surface area contributed by atoms with Gasteiger partial charge in [-0.25, -0.2) is 0 Å². The number of anilines is 1. The zero-order valence-electron chi connectivity index (χ0n) is 7.81. The molecular weight excluding hydrogens is 178 g/mol. The van der Waals surface area contributed by atoms with Crippen molar-refractivity contribution in [3.8, 4) is 0 Å². The van der Waals surface area contributed by atoms with Crippen molar-refractivity contribution in [1.82, 2.24) is 0 Å². The zero-order chi connectivity index (χ0) is 8.84. The molecule has 1 aromatic heterocycles. The Morgan fingerprint density at radius 2 is 1.77 bits per heavy atom. The summed E-state index contributed by atoms with van der Waals surface area (Å²) in [5.74, 6) is 0.897. The highest BCUT2D eigenvalue weighted by Gasteiger charge is 2.30. The Hall–Kier alpha value is -0.500. The lowest BCUT2D eigenvalue weighted by Crippen LogP contribution is -2.02. The average Bonchev–Trinajstić information content (AvgIpc) is 2.94. The largest absolute Gasteiger partial charge is 0.390 e. The van der Waals surface area contributed by atoms with Gasteiger partial charge in [0, 0.05) is 4.88 Å². The Morgan fingerprint density at radius 3 is 2.46 bits per heavy atom. The molecule has 0 atom stereocenters. The molecule has 70 valence electrons. The van der Waals surface area contributed by atoms with Crippen molar-refractivity contribution < 1.29 is 0 Å². The van der Waals surface area contributed by atoms with Crippen molar-refractivity contribution in [2.75, 3.05) is 5.73 Å². The molecule has 0 saturated heterocycles. The Kier molecular flexibility index (Phi) is 1.66. The van der Waals surface area contributed by atoms with Crippen molar-refractivity contribution >= 4 is 16.3 Å². The van der Waals surface area contributed by atoms with Crippen LogP contribution in [0.5, 0.6) is 0 Å². The van der Waals surface area contributed by atoms with Crippen LogP contribution in [0.2, 0.25) is 0 Å². The second-order valence-corrected chi connectivity index (χ2v) is 5.35. The molecule has 0 amide bonds. The topological polar surface area (TPSA) is 26.0 Å². The second-order valence-electron chi connectivity index (χ2n) is 4.27. The molecule has 0 radical (unpaired) electrons. The smallest absolute Gasteiger partial charge is 0.0894 e. The predicted octanol–water partition coefficient (Wildman–Crippen LogP) is 3.09. The molecule has 3 rings (SSSR count). The second kappa shape index (κ2) is 2.74. The van der Waals surface area contributed by atoms with Crippen LogP contribution in [0.4, 0.5) is 5.00 Å². The lowest BCUT2D eigenvalue weighted by Gasteiger charge is -2.12. The first kappa shape index (κ1) is 7.86. The third-order valence-electron chi connectivity index (χ3n) is 3.23. The molecule has 0 aliphatic heterocycles. The van der Waals surface area contributed by atoms with E-state index in [2.05, 4.69) is 0 Å². The van der Waals surface area contributed by atoms with E-state index in [0.29, 0.717) is 0 Å². The number of hydrogen-bond donors (Lipinski definition) is 1. The fourth-order valence-electron chi connectivity index (χ4n) is 2.37. The molecule has 1 aromatic rings. The predicted molar refractivity (Wildman–Crippen MR) is 57.3 cm³/mol. The van der Waals surface area contributed by atoms with Crippen molar-refractivity contribution in [1.29, 1.82) is 0 Å². The Morgan fingerprint density at radius 1 is 1.08 bits per heavy atom. The molecule has 1 heterocycles. The number of hydrogen-bond acceptors (Lipinski definition) is 2. The summed E-state index contributed by atoms with van der Waals surface area (Å²) in [4.78, 5) is 1.65. The van der Waals surface area contributed by atoms with E-state index >= 15 is 0 Å². The van der Waals surface area contributed by atoms with Crippen LogP contribution >= 0.6 is 11.3 Å². The molecule has 0 unspecified atom stereocenters. The SMILES string of the molecule is Nc1sc(C2CC2)c2c1CCCC2. The minimum Gasteiger partial charge on any atom is -0.390 e. The van der Waals surface area contributed by atoms with Crippen LogP contribution in [0.3, 0.4) is 0 Å². The summed E-state index contributed by atoms with van der Waals surface area (Å²) in [6.07, 6.45) is 8.08. The fraction of sp³-hybridized carbons (Fsp3) is 0.636. The van der Waals surface area contributed by atoms with Gasteiger partial charge in [-0.15, -0.1) is 11.3 Å². The van der Waals surface area contributed by atoms with Crippen LogP contribution in [-0.4, -0.2) is 0 Å². The van der Waals surface area contributed by atoms with Gasteiger partial charge in [0.25, 0.3) is 0 Å². The third kappa shape index (κ3) is 1.19. The summed E-state index contributed by atoms with van der Waals surface area (Å²) < 4.78 is 0. The van der Waals surface area contributed by atoms with Gasteiger partial charge in [-0.05, 0) is 55.6 Å². The van der Waals surface area contributed by atoms with Crippen molar-refractivity contribution in [2.24, 2.45) is 0 Å². The number of fused-ring (bicyclic) bond motifs is 1. The highest BCUT2D eigenvalue weighted by atomic mass is 32.1. The van der Waals surface area contributed by atoms with Gasteiger partial charge in [0.05, 0.1) is 5.00 Å². The van der Waals surface area contributed by atoms with Crippen LogP contribution in [0.1, 0.15) is 47.6 Å². The summed E-state index contributed by atoms with van der Waals surface area (Å²) >= 11 is 1.88. The van der Waals surface area contributed by atoms with Crippen LogP contribution < -0.4 is 5.73 Å². The van der Waals surface area contributed by atoms with Crippen molar-refractivity contribution in [2.45, 2.75) is 44.4 Å². The lowest BCUT2D eigenvalue weighted by molar-refractivity contribution is 0.686. The highest BCUT2D eigenvalue weighted by Crippen LogP contribution is 2.49. The molecule has 0 bridgehead atoms. The summed E-state index contributed by atoms with van der Waals surface area (Å²) in [6, 6.07) is 0. The summed E-state index contributed by atoms with van der Waals surface area (Å²) in [7, 11) is 0. The standard InChI is InChI=1S/C11H15NS/c12-11-9-4-2-1-3-8(9)10(13-11)7-5-6-7/h7H,1-6,12H2. The van der Waals surface area contributed by atoms with Gasteiger partial charge in [0.15, 0.2) is 0 Å². The maximum atomic E-state index is 6.05. The van der Waals surface area contributed by atoms with Gasteiger partial charge in [0.1, 0.15) is 0 Å². The molecule has 2 aliphatic rings. The van der Waals surface area contributed by atoms with Gasteiger partial charge < -0.3 is 5.73 Å². The van der Waals surface area contributed by atoms with E-state index in [4.69, 9.17) is 5.73 Å². The van der Waals surface area contributed by atoms with E-state index in [9.17, 15) is 0 Å². The van der Waals surface area contributed by atoms with Crippen molar-refractivity contribution in [3.05, 3.63) is 16.0 Å². The van der Waals surface area contributed by atoms with Crippen molar-refractivity contribution in [3.63, 3.8) is 0 Å². The van der Waals surface area contributed by atoms with Gasteiger partial charge in [-0.3, -0.25) is 0 Å². The lowest BCUT2D eigenvalue weighted by atomic mass is 9.92. The van der Waals surface area contributed by atoms with Crippen LogP contribution in [-0.2, 0) is 12.8 Å². The van der Waals surface area contributed by atoms with Crippen LogP contribution in [0, 0.1) is 0 Å². The van der Waals surface area contributed by atoms with E-state index in [1.807, 2.05) is 11.3 Å². The first-order valence-corrected chi connectivity index (χ1v) is 6.08. The van der Waals surface area contributed by atoms with E-state index in [0.717, 1.165) is 10.9 Å². The maximum absolute atomic E-state index is 6.05. The monoisotopic (exact) mass is 193 g/mol.